The number of amides is 1. The van der Waals surface area contributed by atoms with Gasteiger partial charge >= 0.3 is 0 Å². The second-order valence-electron chi connectivity index (χ2n) is 6.89. The molecule has 2 aromatic rings. The number of piperazine rings is 1. The largest absolute Gasteiger partial charge is 0.484 e. The molecule has 0 spiro atoms. The number of sulfonamides is 1. The van der Waals surface area contributed by atoms with Gasteiger partial charge in [0.2, 0.25) is 10.0 Å². The molecule has 0 atom stereocenters. The molecule has 1 heterocycles. The molecule has 2 aromatic carbocycles. The summed E-state index contributed by atoms with van der Waals surface area (Å²) in [5, 5.41) is 0. The topological polar surface area (TPSA) is 66.9 Å². The molecule has 0 radical (unpaired) electrons. The fraction of sp³-hybridized carbons (Fsp3) is 0.350. The van der Waals surface area contributed by atoms with Crippen LogP contribution in [0.5, 0.6) is 5.75 Å². The monoisotopic (exact) mass is 424 g/mol. The molecule has 3 rings (SSSR count). The van der Waals surface area contributed by atoms with Crippen LogP contribution in [0, 0.1) is 25.5 Å². The molecular weight excluding hydrogens is 402 g/mol. The molecular formula is C20H22F2N2O4S. The SMILES string of the molecule is Cc1ccc(OCC(=O)N2CCN(S(=O)(=O)c3cc(F)ccc3F)CC2)cc1C. The Morgan fingerprint density at radius 1 is 1.00 bits per heavy atom. The van der Waals surface area contributed by atoms with Gasteiger partial charge in [0.15, 0.2) is 6.61 Å². The minimum absolute atomic E-state index is 0.00628. The molecule has 29 heavy (non-hydrogen) atoms. The van der Waals surface area contributed by atoms with Crippen molar-refractivity contribution in [2.45, 2.75) is 18.7 Å². The number of aryl methyl sites for hydroxylation is 2. The summed E-state index contributed by atoms with van der Waals surface area (Å²) in [7, 11) is -4.18. The first-order chi connectivity index (χ1) is 13.7. The lowest BCUT2D eigenvalue weighted by atomic mass is 10.1. The van der Waals surface area contributed by atoms with Gasteiger partial charge in [-0.3, -0.25) is 4.79 Å². The summed E-state index contributed by atoms with van der Waals surface area (Å²) < 4.78 is 59.0. The Hall–Kier alpha value is -2.52. The second-order valence-corrected chi connectivity index (χ2v) is 8.80. The summed E-state index contributed by atoms with van der Waals surface area (Å²) in [5.41, 5.74) is 2.18. The fourth-order valence-electron chi connectivity index (χ4n) is 3.03. The second kappa shape index (κ2) is 8.46. The minimum atomic E-state index is -4.18. The molecule has 0 bridgehead atoms. The van der Waals surface area contributed by atoms with Gasteiger partial charge < -0.3 is 9.64 Å². The highest BCUT2D eigenvalue weighted by Gasteiger charge is 2.32. The van der Waals surface area contributed by atoms with E-state index in [1.165, 1.54) is 4.90 Å². The van der Waals surface area contributed by atoms with E-state index >= 15 is 0 Å². The Kier molecular flexibility index (Phi) is 6.18. The Morgan fingerprint density at radius 3 is 2.34 bits per heavy atom. The van der Waals surface area contributed by atoms with E-state index in [-0.39, 0.29) is 38.7 Å². The van der Waals surface area contributed by atoms with Crippen LogP contribution >= 0.6 is 0 Å². The van der Waals surface area contributed by atoms with E-state index in [2.05, 4.69) is 0 Å². The highest BCUT2D eigenvalue weighted by Crippen LogP contribution is 2.22. The number of rotatable bonds is 5. The van der Waals surface area contributed by atoms with Gasteiger partial charge in [0.1, 0.15) is 22.3 Å². The third-order valence-electron chi connectivity index (χ3n) is 4.94. The van der Waals surface area contributed by atoms with E-state index in [0.717, 1.165) is 27.6 Å². The van der Waals surface area contributed by atoms with Crippen LogP contribution in [-0.2, 0) is 14.8 Å². The maximum Gasteiger partial charge on any atom is 0.260 e. The first-order valence-corrected chi connectivity index (χ1v) is 10.6. The van der Waals surface area contributed by atoms with Crippen LogP contribution in [0.25, 0.3) is 0 Å². The lowest BCUT2D eigenvalue weighted by molar-refractivity contribution is -0.134. The molecule has 1 aliphatic heterocycles. The maximum absolute atomic E-state index is 13.9. The molecule has 0 aromatic heterocycles. The summed E-state index contributed by atoms with van der Waals surface area (Å²) in [5.74, 6) is -1.52. The van der Waals surface area contributed by atoms with Crippen molar-refractivity contribution in [2.24, 2.45) is 0 Å². The van der Waals surface area contributed by atoms with Gasteiger partial charge in [-0.15, -0.1) is 0 Å². The number of nitrogens with zero attached hydrogens (tertiary/aromatic N) is 2. The number of carbonyl (C=O) groups is 1. The van der Waals surface area contributed by atoms with Crippen LogP contribution in [0.1, 0.15) is 11.1 Å². The maximum atomic E-state index is 13.9. The van der Waals surface area contributed by atoms with E-state index in [9.17, 15) is 22.0 Å². The Balaban J connectivity index is 1.58. The molecule has 1 fully saturated rings. The Bertz CT molecular complexity index is 1020. The van der Waals surface area contributed by atoms with Gasteiger partial charge in [0.05, 0.1) is 0 Å². The van der Waals surface area contributed by atoms with E-state index in [0.29, 0.717) is 11.8 Å². The zero-order valence-corrected chi connectivity index (χ0v) is 17.0. The number of halogens is 2. The van der Waals surface area contributed by atoms with Crippen LogP contribution in [-0.4, -0.2) is 56.3 Å². The summed E-state index contributed by atoms with van der Waals surface area (Å²) in [6.07, 6.45) is 0. The van der Waals surface area contributed by atoms with Crippen LogP contribution in [0.4, 0.5) is 8.78 Å². The van der Waals surface area contributed by atoms with Gasteiger partial charge in [-0.25, -0.2) is 17.2 Å². The quantitative estimate of drug-likeness (QED) is 0.740. The molecule has 0 saturated carbocycles. The first-order valence-electron chi connectivity index (χ1n) is 9.11. The predicted octanol–water partition coefficient (Wildman–Crippen LogP) is 2.49. The summed E-state index contributed by atoms with van der Waals surface area (Å²) in [6, 6.07) is 7.85. The van der Waals surface area contributed by atoms with Gasteiger partial charge in [-0.2, -0.15) is 4.31 Å². The van der Waals surface area contributed by atoms with Crippen LogP contribution in [0.3, 0.4) is 0 Å². The van der Waals surface area contributed by atoms with Gasteiger partial charge in [0, 0.05) is 26.2 Å². The average Bonchev–Trinajstić information content (AvgIpc) is 2.70. The van der Waals surface area contributed by atoms with Gasteiger partial charge in [-0.1, -0.05) is 6.07 Å². The van der Waals surface area contributed by atoms with E-state index in [1.54, 1.807) is 6.07 Å². The molecule has 1 amide bonds. The van der Waals surface area contributed by atoms with E-state index in [4.69, 9.17) is 4.74 Å². The lowest BCUT2D eigenvalue weighted by Crippen LogP contribution is -2.51. The third-order valence-corrected chi connectivity index (χ3v) is 6.86. The van der Waals surface area contributed by atoms with Crippen molar-refractivity contribution in [1.29, 1.82) is 0 Å². The first kappa shape index (κ1) is 21.2. The number of carbonyl (C=O) groups excluding carboxylic acids is 1. The minimum Gasteiger partial charge on any atom is -0.484 e. The molecule has 0 aliphatic carbocycles. The standard InChI is InChI=1S/C20H22F2N2O4S/c1-14-3-5-17(11-15(14)2)28-13-20(25)23-7-9-24(10-8-23)29(26,27)19-12-16(21)4-6-18(19)22/h3-6,11-12H,7-10,13H2,1-2H3. The van der Waals surface area contributed by atoms with Crippen LogP contribution in [0.2, 0.25) is 0 Å². The molecule has 0 N–H and O–H groups in total. The normalized spacial score (nSPS) is 15.4. The lowest BCUT2D eigenvalue weighted by Gasteiger charge is -2.34. The molecule has 156 valence electrons. The van der Waals surface area contributed by atoms with Crippen LogP contribution in [0.15, 0.2) is 41.3 Å². The van der Waals surface area contributed by atoms with Crippen LogP contribution < -0.4 is 4.74 Å². The summed E-state index contributed by atoms with van der Waals surface area (Å²) in [6.45, 7) is 4.05. The van der Waals surface area contributed by atoms with Gasteiger partial charge in [-0.05, 0) is 55.3 Å². The molecule has 6 nitrogen and oxygen atoms in total. The number of hydrogen-bond acceptors (Lipinski definition) is 4. The van der Waals surface area contributed by atoms with Gasteiger partial charge in [0.25, 0.3) is 5.91 Å². The van der Waals surface area contributed by atoms with Crippen molar-refractivity contribution < 1.29 is 26.7 Å². The van der Waals surface area contributed by atoms with Crippen molar-refractivity contribution in [3.05, 3.63) is 59.2 Å². The number of benzene rings is 2. The van der Waals surface area contributed by atoms with Crippen molar-refractivity contribution in [2.75, 3.05) is 32.8 Å². The van der Waals surface area contributed by atoms with Crippen molar-refractivity contribution in [1.82, 2.24) is 9.21 Å². The smallest absolute Gasteiger partial charge is 0.260 e. The summed E-state index contributed by atoms with van der Waals surface area (Å²) >= 11 is 0. The molecule has 0 unspecified atom stereocenters. The zero-order chi connectivity index (χ0) is 21.2. The molecule has 1 aliphatic rings. The average molecular weight is 424 g/mol. The summed E-state index contributed by atoms with van der Waals surface area (Å²) in [4.78, 5) is 13.2. The Morgan fingerprint density at radius 2 is 1.69 bits per heavy atom. The number of hydrogen-bond donors (Lipinski definition) is 0. The van der Waals surface area contributed by atoms with Crippen molar-refractivity contribution in [3.63, 3.8) is 0 Å². The number of ether oxygens (including phenoxy) is 1. The van der Waals surface area contributed by atoms with Crippen molar-refractivity contribution >= 4 is 15.9 Å². The predicted molar refractivity (Wildman–Crippen MR) is 103 cm³/mol. The van der Waals surface area contributed by atoms with Crippen molar-refractivity contribution in [3.8, 4) is 5.75 Å². The van der Waals surface area contributed by atoms with E-state index < -0.39 is 26.6 Å². The fourth-order valence-corrected chi connectivity index (χ4v) is 4.53. The highest BCUT2D eigenvalue weighted by molar-refractivity contribution is 7.89. The highest BCUT2D eigenvalue weighted by atomic mass is 32.2. The molecule has 1 saturated heterocycles. The third kappa shape index (κ3) is 4.73. The van der Waals surface area contributed by atoms with E-state index in [1.807, 2.05) is 26.0 Å². The zero-order valence-electron chi connectivity index (χ0n) is 16.2. The molecule has 9 heteroatoms. The Labute approximate surface area is 168 Å².